The van der Waals surface area contributed by atoms with Crippen LogP contribution in [-0.4, -0.2) is 19.8 Å². The summed E-state index contributed by atoms with van der Waals surface area (Å²) in [4.78, 5) is 11.1. The van der Waals surface area contributed by atoms with Gasteiger partial charge in [0, 0.05) is 34.0 Å². The molecule has 0 saturated heterocycles. The van der Waals surface area contributed by atoms with E-state index in [1.807, 2.05) is 11.3 Å². The molecule has 0 atom stereocenters. The van der Waals surface area contributed by atoms with E-state index in [4.69, 9.17) is 4.98 Å². The molecule has 2 aliphatic heterocycles. The first-order valence-corrected chi connectivity index (χ1v) is 29.0. The zero-order valence-corrected chi connectivity index (χ0v) is 46.6. The quantitative estimate of drug-likeness (QED) is 0.117. The average Bonchev–Trinajstić information content (AvgIpc) is 3.82. The summed E-state index contributed by atoms with van der Waals surface area (Å²) in [5.74, 6) is 0. The predicted molar refractivity (Wildman–Crippen MR) is 320 cm³/mol. The van der Waals surface area contributed by atoms with Gasteiger partial charge in [-0.25, -0.2) is 4.98 Å². The zero-order valence-electron chi connectivity index (χ0n) is 44.8. The van der Waals surface area contributed by atoms with Gasteiger partial charge in [-0.3, -0.25) is 0 Å². The summed E-state index contributed by atoms with van der Waals surface area (Å²) in [7, 11) is -3.08. The Morgan fingerprint density at radius 2 is 0.795 bits per heavy atom. The van der Waals surface area contributed by atoms with Crippen molar-refractivity contribution in [2.24, 2.45) is 0 Å². The van der Waals surface area contributed by atoms with Crippen molar-refractivity contribution in [3.05, 3.63) is 216 Å². The Labute approximate surface area is 440 Å². The Kier molecular flexibility index (Phi) is 11.8. The molecule has 1 aromatic heterocycles. The number of hydrogen-bond donors (Lipinski definition) is 0. The van der Waals surface area contributed by atoms with E-state index in [-0.39, 0.29) is 28.4 Å². The molecular formula is C67H68BN3SSi. The number of thiazole rings is 1. The van der Waals surface area contributed by atoms with Gasteiger partial charge in [0.2, 0.25) is 0 Å². The van der Waals surface area contributed by atoms with E-state index in [1.165, 1.54) is 76.0 Å². The third kappa shape index (κ3) is 8.41. The van der Waals surface area contributed by atoms with Crippen molar-refractivity contribution in [2.75, 3.05) is 9.80 Å². The van der Waals surface area contributed by atoms with Gasteiger partial charge in [-0.2, -0.15) is 0 Å². The molecule has 0 saturated carbocycles. The van der Waals surface area contributed by atoms with Crippen molar-refractivity contribution in [3.8, 4) is 10.6 Å². The lowest BCUT2D eigenvalue weighted by atomic mass is 9.35. The number of nitrogens with zero attached hydrogens (tertiary/aromatic N) is 3. The highest BCUT2D eigenvalue weighted by molar-refractivity contribution is 7.22. The highest BCUT2D eigenvalue weighted by Gasteiger charge is 2.49. The zero-order chi connectivity index (χ0) is 51.2. The van der Waals surface area contributed by atoms with Crippen molar-refractivity contribution in [1.29, 1.82) is 0 Å². The minimum Gasteiger partial charge on any atom is -0.311 e. The molecule has 364 valence electrons. The van der Waals surface area contributed by atoms with Crippen molar-refractivity contribution in [1.82, 2.24) is 4.98 Å². The maximum absolute atomic E-state index is 5.88. The number of rotatable bonds is 7. The van der Waals surface area contributed by atoms with Crippen molar-refractivity contribution in [2.45, 2.75) is 105 Å². The van der Waals surface area contributed by atoms with Crippen LogP contribution in [0.15, 0.2) is 194 Å². The van der Waals surface area contributed by atoms with Crippen LogP contribution in [0.25, 0.3) is 10.6 Å². The van der Waals surface area contributed by atoms with Gasteiger partial charge in [0.1, 0.15) is 10.0 Å². The highest BCUT2D eigenvalue weighted by atomic mass is 32.1. The lowest BCUT2D eigenvalue weighted by molar-refractivity contribution is 0.590. The molecule has 0 fully saturated rings. The Morgan fingerprint density at radius 3 is 1.23 bits per heavy atom. The molecule has 2 aliphatic rings. The van der Waals surface area contributed by atoms with Crippen LogP contribution in [0, 0.1) is 0 Å². The number of anilines is 6. The number of benzene rings is 8. The fraction of sp³-hybridized carbons (Fsp3) is 0.239. The Bertz CT molecular complexity index is 3370. The summed E-state index contributed by atoms with van der Waals surface area (Å²) in [6, 6.07) is 74.7. The van der Waals surface area contributed by atoms with E-state index >= 15 is 0 Å². The fourth-order valence-corrected chi connectivity index (χ4v) is 17.3. The van der Waals surface area contributed by atoms with E-state index in [0.29, 0.717) is 0 Å². The Hall–Kier alpha value is -6.73. The van der Waals surface area contributed by atoms with Crippen molar-refractivity contribution in [3.63, 3.8) is 0 Å². The van der Waals surface area contributed by atoms with Gasteiger partial charge in [0.05, 0.1) is 5.59 Å². The Morgan fingerprint density at radius 1 is 0.397 bits per heavy atom. The smallest absolute Gasteiger partial charge is 0.276 e. The molecule has 9 aromatic rings. The van der Waals surface area contributed by atoms with Crippen LogP contribution in [-0.2, 0) is 21.7 Å². The average molecular weight is 986 g/mol. The van der Waals surface area contributed by atoms with Crippen molar-refractivity contribution >= 4 is 96.8 Å². The second-order valence-corrected chi connectivity index (χ2v) is 29.3. The Balaban J connectivity index is 1.30. The summed E-state index contributed by atoms with van der Waals surface area (Å²) in [5, 5.41) is 7.57. The fourth-order valence-electron chi connectivity index (χ4n) is 11.4. The van der Waals surface area contributed by atoms with Gasteiger partial charge in [0.15, 0.2) is 8.07 Å². The molecule has 11 rings (SSSR count). The molecule has 3 heterocycles. The summed E-state index contributed by atoms with van der Waals surface area (Å²) in [6.45, 7) is 27.6. The molecule has 3 nitrogen and oxygen atoms in total. The van der Waals surface area contributed by atoms with Crippen LogP contribution in [0.5, 0.6) is 0 Å². The van der Waals surface area contributed by atoms with E-state index in [0.717, 1.165) is 27.5 Å². The second-order valence-electron chi connectivity index (χ2n) is 24.5. The van der Waals surface area contributed by atoms with E-state index in [2.05, 4.69) is 287 Å². The standard InChI is InChI=1S/C67H68BN3SSi/c1-64(2,3)46-30-28-45(29-31-46)62-69-61-63(72-62)71(51-39-34-48(35-40-51)66(7,8)9)59-44-55(73(52-22-16-13-17-23-52,53-24-18-14-19-25-53)54-26-20-15-21-27-54)43-58-60(59)68(61)56-42-49(67(10,11)12)36-41-57(56)70(58)50-37-32-47(33-38-50)65(4,5)6/h13-44H,1-12H3. The van der Waals surface area contributed by atoms with Crippen LogP contribution < -0.4 is 47.1 Å². The summed E-state index contributed by atoms with van der Waals surface area (Å²) in [6.07, 6.45) is 0. The highest BCUT2D eigenvalue weighted by Crippen LogP contribution is 2.47. The van der Waals surface area contributed by atoms with Crippen LogP contribution in [0.2, 0.25) is 0 Å². The predicted octanol–water partition coefficient (Wildman–Crippen LogP) is 13.5. The van der Waals surface area contributed by atoms with E-state index in [1.54, 1.807) is 0 Å². The third-order valence-corrected chi connectivity index (χ3v) is 21.4. The van der Waals surface area contributed by atoms with Gasteiger partial charge in [-0.1, -0.05) is 246 Å². The van der Waals surface area contributed by atoms with Crippen LogP contribution >= 0.6 is 11.3 Å². The lowest BCUT2D eigenvalue weighted by Crippen LogP contribution is -2.75. The van der Waals surface area contributed by atoms with E-state index in [9.17, 15) is 0 Å². The van der Waals surface area contributed by atoms with Gasteiger partial charge >= 0.3 is 0 Å². The van der Waals surface area contributed by atoms with Crippen LogP contribution in [0.3, 0.4) is 0 Å². The molecule has 0 aliphatic carbocycles. The molecule has 73 heavy (non-hydrogen) atoms. The van der Waals surface area contributed by atoms with Crippen LogP contribution in [0.4, 0.5) is 33.4 Å². The van der Waals surface area contributed by atoms with Gasteiger partial charge < -0.3 is 9.80 Å². The number of aromatic nitrogens is 1. The maximum atomic E-state index is 5.88. The number of hydrogen-bond acceptors (Lipinski definition) is 4. The molecule has 0 bridgehead atoms. The molecule has 0 unspecified atom stereocenters. The van der Waals surface area contributed by atoms with E-state index < -0.39 is 8.07 Å². The summed E-state index contributed by atoms with van der Waals surface area (Å²) >= 11 is 1.83. The molecule has 0 N–H and O–H groups in total. The first-order valence-electron chi connectivity index (χ1n) is 26.2. The molecule has 8 aromatic carbocycles. The van der Waals surface area contributed by atoms with Crippen LogP contribution in [0.1, 0.15) is 105 Å². The molecule has 0 radical (unpaired) electrons. The SMILES string of the molecule is CC(C)(C)c1ccc(-c2nc3c(s2)N(c2ccc(C(C)(C)C)cc2)c2cc([Si](c4ccccc4)(c4ccccc4)c4ccccc4)cc4c2B3c2cc(C(C)(C)C)ccc2N4c2ccc(C(C)(C)C)cc2)cc1. The maximum Gasteiger partial charge on any atom is 0.276 e. The molecular weight excluding hydrogens is 918 g/mol. The topological polar surface area (TPSA) is 19.4 Å². The van der Waals surface area contributed by atoms with Gasteiger partial charge in [0.25, 0.3) is 6.71 Å². The van der Waals surface area contributed by atoms with Gasteiger partial charge in [-0.15, -0.1) is 0 Å². The number of fused-ring (bicyclic) bond motifs is 4. The summed E-state index contributed by atoms with van der Waals surface area (Å²) < 4.78 is 0. The molecule has 6 heteroatoms. The normalized spacial score (nSPS) is 13.7. The molecule has 0 spiro atoms. The molecule has 0 amide bonds. The monoisotopic (exact) mass is 985 g/mol. The second kappa shape index (κ2) is 17.7. The minimum atomic E-state index is -3.08. The summed E-state index contributed by atoms with van der Waals surface area (Å²) in [5.41, 5.74) is 15.9. The largest absolute Gasteiger partial charge is 0.311 e. The lowest BCUT2D eigenvalue weighted by Gasteiger charge is -2.44. The van der Waals surface area contributed by atoms with Gasteiger partial charge in [-0.05, 0) is 118 Å². The first kappa shape index (κ1) is 48.5. The van der Waals surface area contributed by atoms with Crippen molar-refractivity contribution < 1.29 is 0 Å². The minimum absolute atomic E-state index is 0.00357. The third-order valence-electron chi connectivity index (χ3n) is 15.5. The first-order chi connectivity index (χ1) is 34.7.